The zero-order valence-electron chi connectivity index (χ0n) is 40.7. The van der Waals surface area contributed by atoms with Gasteiger partial charge >= 0.3 is 11.9 Å². The number of hydrogen-bond donors (Lipinski definition) is 2. The van der Waals surface area contributed by atoms with Crippen LogP contribution in [0.1, 0.15) is 104 Å². The van der Waals surface area contributed by atoms with E-state index in [2.05, 4.69) is 15.3 Å². The van der Waals surface area contributed by atoms with E-state index in [1.807, 2.05) is 55.3 Å². The van der Waals surface area contributed by atoms with Gasteiger partial charge in [0.2, 0.25) is 0 Å². The number of hydrogen-bond acceptors (Lipinski definition) is 16. The molecule has 5 rings (SSSR count). The number of likely N-dealkylation sites (N-methyl/N-ethyl adjacent to an activating group) is 1. The number of halogens is 1. The van der Waals surface area contributed by atoms with Crippen molar-refractivity contribution in [1.82, 2.24) is 24.9 Å². The van der Waals surface area contributed by atoms with Gasteiger partial charge in [0.05, 0.1) is 35.6 Å². The molecule has 370 valence electrons. The third-order valence-corrected chi connectivity index (χ3v) is 13.7. The maximum Gasteiger partial charge on any atom is 0.316 e. The van der Waals surface area contributed by atoms with Gasteiger partial charge < -0.3 is 38.6 Å². The lowest BCUT2D eigenvalue weighted by Crippen LogP contribution is -2.59. The molecule has 2 saturated heterocycles. The van der Waals surface area contributed by atoms with Gasteiger partial charge in [0.25, 0.3) is 0 Å². The number of aromatic nitrogens is 4. The highest BCUT2D eigenvalue weighted by Crippen LogP contribution is 2.38. The molecule has 67 heavy (non-hydrogen) atoms. The fourth-order valence-corrected chi connectivity index (χ4v) is 9.41. The average molecular weight is 940 g/mol. The van der Waals surface area contributed by atoms with Crippen molar-refractivity contribution >= 4 is 23.5 Å². The lowest BCUT2D eigenvalue weighted by Gasteiger charge is -2.47. The summed E-state index contributed by atoms with van der Waals surface area (Å²) < 4.78 is 52.9. The van der Waals surface area contributed by atoms with Crippen LogP contribution in [0.2, 0.25) is 0 Å². The van der Waals surface area contributed by atoms with Crippen LogP contribution in [0.5, 0.6) is 0 Å². The highest BCUT2D eigenvalue weighted by Gasteiger charge is 2.51. The van der Waals surface area contributed by atoms with E-state index in [1.54, 1.807) is 39.4 Å². The molecule has 0 spiro atoms. The molecule has 14 atom stereocenters. The Kier molecular flexibility index (Phi) is 18.5. The van der Waals surface area contributed by atoms with Crippen LogP contribution in [0.15, 0.2) is 55.0 Å². The van der Waals surface area contributed by atoms with Gasteiger partial charge in [0, 0.05) is 71.0 Å². The van der Waals surface area contributed by atoms with E-state index < -0.39 is 108 Å². The van der Waals surface area contributed by atoms with Gasteiger partial charge in [-0.25, -0.2) is 9.07 Å². The summed E-state index contributed by atoms with van der Waals surface area (Å²) in [5, 5.41) is 31.4. The second-order valence-corrected chi connectivity index (χ2v) is 18.7. The Morgan fingerprint density at radius 3 is 2.37 bits per heavy atom. The smallest absolute Gasteiger partial charge is 0.316 e. The van der Waals surface area contributed by atoms with E-state index in [0.717, 1.165) is 16.7 Å². The number of carbonyl (C=O) groups excluding carboxylic acids is 4. The normalized spacial score (nSPS) is 32.3. The second kappa shape index (κ2) is 23.2. The predicted octanol–water partition coefficient (Wildman–Crippen LogP) is 5.21. The molecule has 0 aliphatic carbocycles. The molecule has 3 aromatic rings. The lowest BCUT2D eigenvalue weighted by molar-refractivity contribution is -0.293. The first kappa shape index (κ1) is 53.4. The van der Waals surface area contributed by atoms with Gasteiger partial charge in [-0.3, -0.25) is 29.1 Å². The molecule has 18 heteroatoms. The van der Waals surface area contributed by atoms with Crippen LogP contribution < -0.4 is 0 Å². The third kappa shape index (κ3) is 12.6. The first-order chi connectivity index (χ1) is 31.7. The summed E-state index contributed by atoms with van der Waals surface area (Å²) in [6, 6.07) is 10.2. The molecule has 0 bridgehead atoms. The Hall–Kier alpha value is -4.56. The Morgan fingerprint density at radius 1 is 1.07 bits per heavy atom. The SMILES string of the molecule is CC[C@H]1OC(=O)[C@H](C)C(=O)C[C@@H](O[C@@H]2O[C@H](C)C[C@H](N(C)CCc3cn([C@H](CF)[C@H](OC)c4ccc(-c5cccnc5)cc4)nn3)[C@H]2OC(C)=O)[C@](C)(OC)C[C@@H](C)C(=O)[C@H](C)[C@@H](O)[C@]1(C)O. The van der Waals surface area contributed by atoms with Gasteiger partial charge in [-0.15, -0.1) is 5.10 Å². The molecule has 2 N–H and O–H groups in total. The number of nitrogens with zero attached hydrogens (tertiary/aromatic N) is 5. The highest BCUT2D eigenvalue weighted by atomic mass is 19.1. The number of esters is 2. The van der Waals surface area contributed by atoms with Gasteiger partial charge in [-0.1, -0.05) is 56.3 Å². The van der Waals surface area contributed by atoms with Gasteiger partial charge in [-0.2, -0.15) is 0 Å². The molecule has 0 radical (unpaired) electrons. The quantitative estimate of drug-likeness (QED) is 0.148. The number of Topliss-reactive ketones (excluding diaryl/α,β-unsaturated/α-hetero) is 2. The van der Waals surface area contributed by atoms with Crippen molar-refractivity contribution in [3.63, 3.8) is 0 Å². The summed E-state index contributed by atoms with van der Waals surface area (Å²) in [5.41, 5.74) is -0.114. The van der Waals surface area contributed by atoms with Crippen LogP contribution in [0.3, 0.4) is 0 Å². The van der Waals surface area contributed by atoms with E-state index in [-0.39, 0.29) is 25.0 Å². The van der Waals surface area contributed by atoms with Crippen molar-refractivity contribution in [2.45, 2.75) is 154 Å². The maximum atomic E-state index is 14.8. The van der Waals surface area contributed by atoms with Crippen LogP contribution >= 0.6 is 0 Å². The van der Waals surface area contributed by atoms with Crippen LogP contribution in [0.4, 0.5) is 4.39 Å². The Balaban J connectivity index is 1.37. The van der Waals surface area contributed by atoms with E-state index in [9.17, 15) is 33.8 Å². The van der Waals surface area contributed by atoms with Crippen molar-refractivity contribution in [1.29, 1.82) is 0 Å². The number of cyclic esters (lactones) is 1. The summed E-state index contributed by atoms with van der Waals surface area (Å²) in [7, 11) is 4.81. The van der Waals surface area contributed by atoms with Crippen molar-refractivity contribution in [2.75, 3.05) is 34.5 Å². The zero-order valence-corrected chi connectivity index (χ0v) is 40.7. The molecule has 0 amide bonds. The number of benzene rings is 1. The fraction of sp³-hybridized carbons (Fsp3) is 0.653. The van der Waals surface area contributed by atoms with Gasteiger partial charge in [0.15, 0.2) is 12.4 Å². The molecule has 1 aromatic carbocycles. The fourth-order valence-electron chi connectivity index (χ4n) is 9.41. The predicted molar refractivity (Wildman–Crippen MR) is 243 cm³/mol. The summed E-state index contributed by atoms with van der Waals surface area (Å²) in [6.45, 7) is 12.0. The minimum atomic E-state index is -2.01. The number of ether oxygens (including phenoxy) is 6. The Morgan fingerprint density at radius 2 is 1.78 bits per heavy atom. The molecule has 0 saturated carbocycles. The first-order valence-corrected chi connectivity index (χ1v) is 23.1. The van der Waals surface area contributed by atoms with E-state index in [4.69, 9.17) is 28.4 Å². The molecule has 2 aliphatic rings. The molecular formula is C49H70FN5O12. The number of carbonyl (C=O) groups is 4. The number of methoxy groups -OCH3 is 2. The first-order valence-electron chi connectivity index (χ1n) is 23.1. The summed E-state index contributed by atoms with van der Waals surface area (Å²) >= 11 is 0. The number of aliphatic hydroxyl groups is 2. The van der Waals surface area contributed by atoms with Crippen LogP contribution in [-0.2, 0) is 54.0 Å². The van der Waals surface area contributed by atoms with Crippen molar-refractivity contribution in [3.05, 3.63) is 66.2 Å². The molecule has 0 unspecified atom stereocenters. The maximum absolute atomic E-state index is 14.8. The molecule has 2 aliphatic heterocycles. The minimum Gasteiger partial charge on any atom is -0.459 e. The summed E-state index contributed by atoms with van der Waals surface area (Å²) in [5.74, 6) is -5.64. The van der Waals surface area contributed by atoms with Gasteiger partial charge in [-0.05, 0) is 76.8 Å². The number of pyridine rings is 1. The van der Waals surface area contributed by atoms with Crippen LogP contribution in [-0.4, -0.2) is 147 Å². The molecule has 4 heterocycles. The number of ketones is 2. The number of alkyl halides is 1. The van der Waals surface area contributed by atoms with E-state index in [0.29, 0.717) is 25.1 Å². The van der Waals surface area contributed by atoms with Crippen molar-refractivity contribution < 1.29 is 62.2 Å². The average Bonchev–Trinajstić information content (AvgIpc) is 3.79. The Bertz CT molecular complexity index is 2110. The molecule has 17 nitrogen and oxygen atoms in total. The summed E-state index contributed by atoms with van der Waals surface area (Å²) in [6.07, 6.45) is -1.64. The monoisotopic (exact) mass is 940 g/mol. The van der Waals surface area contributed by atoms with Crippen molar-refractivity contribution in [2.24, 2.45) is 17.8 Å². The number of aliphatic hydroxyl groups excluding tert-OH is 1. The lowest BCUT2D eigenvalue weighted by atomic mass is 9.76. The van der Waals surface area contributed by atoms with E-state index >= 15 is 0 Å². The minimum absolute atomic E-state index is 0.00683. The van der Waals surface area contributed by atoms with Crippen molar-refractivity contribution in [3.8, 4) is 11.1 Å². The zero-order chi connectivity index (χ0) is 49.4. The topological polar surface area (TPSA) is 211 Å². The number of rotatable bonds is 15. The molecular weight excluding hydrogens is 870 g/mol. The Labute approximate surface area is 393 Å². The third-order valence-electron chi connectivity index (χ3n) is 13.7. The van der Waals surface area contributed by atoms with E-state index in [1.165, 1.54) is 46.6 Å². The second-order valence-electron chi connectivity index (χ2n) is 18.7. The molecule has 2 fully saturated rings. The van der Waals surface area contributed by atoms with Gasteiger partial charge in [0.1, 0.15) is 48.0 Å². The highest BCUT2D eigenvalue weighted by molar-refractivity contribution is 5.99. The summed E-state index contributed by atoms with van der Waals surface area (Å²) in [4.78, 5) is 60.4. The van der Waals surface area contributed by atoms with Crippen LogP contribution in [0.25, 0.3) is 11.1 Å². The van der Waals surface area contributed by atoms with Crippen LogP contribution in [0, 0.1) is 17.8 Å². The largest absolute Gasteiger partial charge is 0.459 e. The standard InChI is InChI=1S/C49H70FN5O12/c1-12-40-49(8,61)45(59)31(5)42(58)28(2)24-48(7,63-11)41(23-39(57)30(4)46(60)66-40)67-47-44(65-32(6)56)37(22-29(3)64-47)54(9)21-19-36-27-55(53-52-36)38(25-50)43(62-10)34-17-15-33(16-18-34)35-14-13-20-51-26-35/h13-18,20,26-31,37-38,40-41,43-45,47,59,61H,12,19,21-25H2,1-11H3/t28-,29-,30-,31+,37+,38-,40-,41-,43-,44-,45-,47+,48-,49-/m1/s1. The molecule has 2 aromatic heterocycles.